The second-order valence-corrected chi connectivity index (χ2v) is 10.7. The zero-order valence-corrected chi connectivity index (χ0v) is 19.4. The van der Waals surface area contributed by atoms with Gasteiger partial charge in [0, 0.05) is 36.5 Å². The molecule has 0 atom stereocenters. The summed E-state index contributed by atoms with van der Waals surface area (Å²) in [4.78, 5) is 30.5. The normalized spacial score (nSPS) is 20.8. The fourth-order valence-electron chi connectivity index (χ4n) is 5.60. The van der Waals surface area contributed by atoms with Gasteiger partial charge in [-0.25, -0.2) is 4.98 Å². The van der Waals surface area contributed by atoms with Gasteiger partial charge in [-0.2, -0.15) is 0 Å². The monoisotopic (exact) mass is 424 g/mol. The molecule has 0 unspecified atom stereocenters. The summed E-state index contributed by atoms with van der Waals surface area (Å²) in [7, 11) is 0. The summed E-state index contributed by atoms with van der Waals surface area (Å²) < 4.78 is 1.85. The first kappa shape index (κ1) is 22.0. The number of rotatable bonds is 4. The van der Waals surface area contributed by atoms with E-state index < -0.39 is 0 Å². The highest BCUT2D eigenvalue weighted by atomic mass is 16.1. The van der Waals surface area contributed by atoms with Gasteiger partial charge in [0.1, 0.15) is 5.82 Å². The van der Waals surface area contributed by atoms with Gasteiger partial charge in [0.15, 0.2) is 0 Å². The molecule has 2 aromatic rings. The molecule has 0 radical (unpaired) electrons. The number of benzene rings is 1. The lowest BCUT2D eigenvalue weighted by molar-refractivity contribution is -0.122. The number of fused-ring (bicyclic) bond motifs is 2. The van der Waals surface area contributed by atoms with Crippen LogP contribution in [0.2, 0.25) is 0 Å². The number of piperidine rings is 1. The van der Waals surface area contributed by atoms with E-state index in [1.54, 1.807) is 0 Å². The van der Waals surface area contributed by atoms with Crippen LogP contribution in [0.3, 0.4) is 0 Å². The highest BCUT2D eigenvalue weighted by molar-refractivity contribution is 5.79. The number of carbonyl (C=O) groups is 1. The zero-order valence-electron chi connectivity index (χ0n) is 19.4. The Bertz CT molecular complexity index is 1020. The first-order valence-electron chi connectivity index (χ1n) is 11.7. The van der Waals surface area contributed by atoms with Gasteiger partial charge in [-0.05, 0) is 77.5 Å². The summed E-state index contributed by atoms with van der Waals surface area (Å²) in [5, 5.41) is 7.56. The van der Waals surface area contributed by atoms with Gasteiger partial charge >= 0.3 is 0 Å². The molecule has 31 heavy (non-hydrogen) atoms. The van der Waals surface area contributed by atoms with Crippen LogP contribution in [0.25, 0.3) is 10.9 Å². The van der Waals surface area contributed by atoms with Crippen molar-refractivity contribution in [1.82, 2.24) is 20.2 Å². The number of carbonyl (C=O) groups excluding carboxylic acids is 1. The molecule has 1 aromatic carbocycles. The SMILES string of the molecule is CC1(C)CC(NC(=O)CCc2ccc3nc4n(c(=O)c3c2)CCCCC4)CC(C)(C)N1. The number of amides is 1. The van der Waals surface area contributed by atoms with Gasteiger partial charge in [0.25, 0.3) is 5.56 Å². The second kappa shape index (κ2) is 8.38. The summed E-state index contributed by atoms with van der Waals surface area (Å²) in [6.45, 7) is 9.52. The Labute approximate surface area is 184 Å². The van der Waals surface area contributed by atoms with E-state index in [1.807, 2.05) is 22.8 Å². The number of aryl methyl sites for hydroxylation is 2. The average molecular weight is 425 g/mol. The Hall–Kier alpha value is -2.21. The van der Waals surface area contributed by atoms with Crippen molar-refractivity contribution in [2.24, 2.45) is 0 Å². The minimum Gasteiger partial charge on any atom is -0.353 e. The highest BCUT2D eigenvalue weighted by Crippen LogP contribution is 2.28. The molecule has 0 spiro atoms. The van der Waals surface area contributed by atoms with Crippen molar-refractivity contribution < 1.29 is 4.79 Å². The maximum absolute atomic E-state index is 13.0. The average Bonchev–Trinajstić information content (AvgIpc) is 2.90. The number of hydrogen-bond acceptors (Lipinski definition) is 4. The summed E-state index contributed by atoms with van der Waals surface area (Å²) >= 11 is 0. The summed E-state index contributed by atoms with van der Waals surface area (Å²) in [5.74, 6) is 0.991. The van der Waals surface area contributed by atoms with Crippen LogP contribution < -0.4 is 16.2 Å². The van der Waals surface area contributed by atoms with E-state index in [9.17, 15) is 9.59 Å². The predicted molar refractivity (Wildman–Crippen MR) is 124 cm³/mol. The van der Waals surface area contributed by atoms with Crippen molar-refractivity contribution in [2.45, 2.75) is 103 Å². The van der Waals surface area contributed by atoms with Gasteiger partial charge in [-0.15, -0.1) is 0 Å². The van der Waals surface area contributed by atoms with E-state index in [1.165, 1.54) is 0 Å². The topological polar surface area (TPSA) is 76.0 Å². The van der Waals surface area contributed by atoms with Crippen molar-refractivity contribution in [1.29, 1.82) is 0 Å². The van der Waals surface area contributed by atoms with E-state index in [2.05, 4.69) is 38.3 Å². The third-order valence-corrected chi connectivity index (χ3v) is 6.58. The van der Waals surface area contributed by atoms with E-state index in [4.69, 9.17) is 4.98 Å². The Balaban J connectivity index is 1.44. The molecule has 4 rings (SSSR count). The summed E-state index contributed by atoms with van der Waals surface area (Å²) in [5.41, 5.74) is 1.86. The molecular weight excluding hydrogens is 388 g/mol. The number of nitrogens with zero attached hydrogens (tertiary/aromatic N) is 2. The van der Waals surface area contributed by atoms with E-state index in [-0.39, 0.29) is 28.6 Å². The minimum atomic E-state index is 0.00521. The molecule has 1 amide bonds. The molecular formula is C25H36N4O2. The maximum atomic E-state index is 13.0. The Morgan fingerprint density at radius 1 is 1.16 bits per heavy atom. The summed E-state index contributed by atoms with van der Waals surface area (Å²) in [6.07, 6.45) is 7.04. The van der Waals surface area contributed by atoms with Gasteiger partial charge in [-0.1, -0.05) is 12.5 Å². The van der Waals surface area contributed by atoms with Crippen LogP contribution in [0.1, 0.15) is 77.6 Å². The van der Waals surface area contributed by atoms with Crippen LogP contribution in [-0.2, 0) is 24.2 Å². The Morgan fingerprint density at radius 2 is 1.90 bits per heavy atom. The molecule has 1 fully saturated rings. The molecule has 168 valence electrons. The molecule has 2 aliphatic rings. The van der Waals surface area contributed by atoms with Gasteiger partial charge in [-0.3, -0.25) is 14.2 Å². The van der Waals surface area contributed by atoms with Crippen LogP contribution in [0, 0.1) is 0 Å². The molecule has 0 bridgehead atoms. The first-order valence-corrected chi connectivity index (χ1v) is 11.7. The van der Waals surface area contributed by atoms with Gasteiger partial charge in [0.05, 0.1) is 10.9 Å². The summed E-state index contributed by atoms with van der Waals surface area (Å²) in [6, 6.07) is 6.06. The largest absolute Gasteiger partial charge is 0.353 e. The Kier molecular flexibility index (Phi) is 5.95. The molecule has 3 heterocycles. The van der Waals surface area contributed by atoms with Crippen LogP contribution >= 0.6 is 0 Å². The lowest BCUT2D eigenvalue weighted by atomic mass is 9.79. The molecule has 0 saturated carbocycles. The first-order chi connectivity index (χ1) is 14.6. The van der Waals surface area contributed by atoms with Gasteiger partial charge in [0.2, 0.25) is 5.91 Å². The van der Waals surface area contributed by atoms with E-state index in [0.29, 0.717) is 18.2 Å². The second-order valence-electron chi connectivity index (χ2n) is 10.7. The predicted octanol–water partition coefficient (Wildman–Crippen LogP) is 3.48. The van der Waals surface area contributed by atoms with E-state index >= 15 is 0 Å². The van der Waals surface area contributed by atoms with Crippen LogP contribution in [0.15, 0.2) is 23.0 Å². The third-order valence-electron chi connectivity index (χ3n) is 6.58. The molecule has 6 heteroatoms. The zero-order chi connectivity index (χ0) is 22.2. The van der Waals surface area contributed by atoms with E-state index in [0.717, 1.165) is 62.0 Å². The van der Waals surface area contributed by atoms with Crippen molar-refractivity contribution >= 4 is 16.8 Å². The fourth-order valence-corrected chi connectivity index (χ4v) is 5.60. The van der Waals surface area contributed by atoms with Crippen LogP contribution in [0.5, 0.6) is 0 Å². The molecule has 0 aliphatic carbocycles. The Morgan fingerprint density at radius 3 is 2.65 bits per heavy atom. The van der Waals surface area contributed by atoms with Crippen molar-refractivity contribution in [2.75, 3.05) is 0 Å². The lowest BCUT2D eigenvalue weighted by Crippen LogP contribution is -2.62. The smallest absolute Gasteiger partial charge is 0.261 e. The maximum Gasteiger partial charge on any atom is 0.261 e. The highest BCUT2D eigenvalue weighted by Gasteiger charge is 2.38. The minimum absolute atomic E-state index is 0.00521. The molecule has 1 saturated heterocycles. The van der Waals surface area contributed by atoms with Crippen LogP contribution in [-0.4, -0.2) is 32.6 Å². The number of nitrogens with one attached hydrogen (secondary N) is 2. The number of hydrogen-bond donors (Lipinski definition) is 2. The molecule has 2 N–H and O–H groups in total. The van der Waals surface area contributed by atoms with Crippen molar-refractivity contribution in [3.63, 3.8) is 0 Å². The van der Waals surface area contributed by atoms with Crippen LogP contribution in [0.4, 0.5) is 0 Å². The molecule has 1 aromatic heterocycles. The molecule has 2 aliphatic heterocycles. The standard InChI is InChI=1S/C25H36N4O2/c1-24(2)15-18(16-25(3,4)28-24)26-22(30)12-10-17-9-11-20-19(14-17)23(31)29-13-7-5-6-8-21(29)27-20/h9,11,14,18,28H,5-8,10,12-13,15-16H2,1-4H3,(H,26,30). The molecule has 6 nitrogen and oxygen atoms in total. The van der Waals surface area contributed by atoms with Gasteiger partial charge < -0.3 is 10.6 Å². The lowest BCUT2D eigenvalue weighted by Gasteiger charge is -2.46. The quantitative estimate of drug-likeness (QED) is 0.788. The fraction of sp³-hybridized carbons (Fsp3) is 0.640. The van der Waals surface area contributed by atoms with Crippen molar-refractivity contribution in [3.8, 4) is 0 Å². The third kappa shape index (κ3) is 5.17. The number of aromatic nitrogens is 2. The van der Waals surface area contributed by atoms with Crippen molar-refractivity contribution in [3.05, 3.63) is 39.9 Å².